The molecular weight excluding hydrogens is 408 g/mol. The first kappa shape index (κ1) is 20.4. The Bertz CT molecular complexity index is 1190. The van der Waals surface area contributed by atoms with Crippen molar-refractivity contribution in [3.63, 3.8) is 0 Å². The van der Waals surface area contributed by atoms with Gasteiger partial charge in [-0.1, -0.05) is 24.3 Å². The number of piperazine rings is 1. The molecule has 166 valence electrons. The van der Waals surface area contributed by atoms with Crippen molar-refractivity contribution in [3.8, 4) is 0 Å². The summed E-state index contributed by atoms with van der Waals surface area (Å²) in [6.07, 6.45) is 3.84. The molecule has 9 nitrogen and oxygen atoms in total. The van der Waals surface area contributed by atoms with Crippen molar-refractivity contribution in [1.29, 1.82) is 0 Å². The van der Waals surface area contributed by atoms with Gasteiger partial charge in [0.2, 0.25) is 5.91 Å². The molecule has 1 saturated carbocycles. The number of H-pyrrole nitrogens is 1. The van der Waals surface area contributed by atoms with Gasteiger partial charge in [-0.2, -0.15) is 0 Å². The van der Waals surface area contributed by atoms with Crippen molar-refractivity contribution >= 4 is 28.7 Å². The van der Waals surface area contributed by atoms with E-state index in [4.69, 9.17) is 10.5 Å². The number of fused-ring (bicyclic) bond motifs is 1. The average molecular weight is 435 g/mol. The summed E-state index contributed by atoms with van der Waals surface area (Å²) in [6.45, 7) is 2.48. The molecule has 3 aromatic rings. The van der Waals surface area contributed by atoms with Gasteiger partial charge >= 0.3 is 5.97 Å². The molecule has 0 atom stereocenters. The summed E-state index contributed by atoms with van der Waals surface area (Å²) in [4.78, 5) is 41.1. The van der Waals surface area contributed by atoms with Crippen LogP contribution in [0, 0.1) is 0 Å². The second kappa shape index (κ2) is 7.90. The predicted octanol–water partition coefficient (Wildman–Crippen LogP) is 1.63. The largest absolute Gasteiger partial charge is 0.464 e. The molecule has 1 aromatic carbocycles. The first-order valence-electron chi connectivity index (χ1n) is 10.8. The molecule has 5 rings (SSSR count). The fourth-order valence-corrected chi connectivity index (χ4v) is 4.66. The van der Waals surface area contributed by atoms with Crippen LogP contribution in [-0.2, 0) is 22.5 Å². The van der Waals surface area contributed by atoms with Crippen LogP contribution in [0.4, 0.5) is 5.82 Å². The first-order valence-corrected chi connectivity index (χ1v) is 10.8. The van der Waals surface area contributed by atoms with Crippen LogP contribution in [0.25, 0.3) is 11.0 Å². The quantitative estimate of drug-likeness (QED) is 0.586. The number of aromatic nitrogens is 3. The molecule has 1 aliphatic heterocycles. The molecule has 3 heterocycles. The van der Waals surface area contributed by atoms with Gasteiger partial charge in [-0.15, -0.1) is 0 Å². The average Bonchev–Trinajstić information content (AvgIpc) is 3.42. The highest BCUT2D eigenvalue weighted by Crippen LogP contribution is 2.45. The van der Waals surface area contributed by atoms with Gasteiger partial charge in [0.25, 0.3) is 0 Å². The van der Waals surface area contributed by atoms with E-state index < -0.39 is 5.97 Å². The first-order chi connectivity index (χ1) is 15.5. The number of methoxy groups -OCH3 is 1. The number of nitrogens with two attached hydrogens (primary N) is 1. The second-order valence-corrected chi connectivity index (χ2v) is 8.53. The highest BCUT2D eigenvalue weighted by molar-refractivity contribution is 5.97. The standard InChI is InChI=1S/C23H26N6O3/c1-32-22(31)18-11-17-20(27-18)25-14-26-21(17)28-7-8-29(23(13-28)5-6-23)19(30)10-15-3-2-4-16(9-15)12-24/h2-4,9,11,14H,5-8,10,12-13,24H2,1H3,(H,25,26,27). The van der Waals surface area contributed by atoms with Gasteiger partial charge in [-0.25, -0.2) is 14.8 Å². The van der Waals surface area contributed by atoms with Gasteiger partial charge in [-0.3, -0.25) is 4.79 Å². The van der Waals surface area contributed by atoms with Crippen molar-refractivity contribution < 1.29 is 14.3 Å². The Labute approximate surface area is 185 Å². The van der Waals surface area contributed by atoms with Crippen LogP contribution in [0.15, 0.2) is 36.7 Å². The van der Waals surface area contributed by atoms with E-state index in [2.05, 4.69) is 19.9 Å². The third-order valence-electron chi connectivity index (χ3n) is 6.47. The van der Waals surface area contributed by atoms with Crippen molar-refractivity contribution in [2.24, 2.45) is 5.73 Å². The van der Waals surface area contributed by atoms with Crippen LogP contribution in [0.3, 0.4) is 0 Å². The number of nitrogens with zero attached hydrogens (tertiary/aromatic N) is 4. The number of hydrogen-bond donors (Lipinski definition) is 2. The lowest BCUT2D eigenvalue weighted by atomic mass is 10.0. The lowest BCUT2D eigenvalue weighted by molar-refractivity contribution is -0.134. The molecule has 2 aliphatic rings. The van der Waals surface area contributed by atoms with Gasteiger partial charge in [0.15, 0.2) is 0 Å². The van der Waals surface area contributed by atoms with E-state index in [1.54, 1.807) is 6.07 Å². The molecule has 1 aliphatic carbocycles. The fourth-order valence-electron chi connectivity index (χ4n) is 4.66. The Morgan fingerprint density at radius 1 is 1.19 bits per heavy atom. The van der Waals surface area contributed by atoms with Gasteiger partial charge in [-0.05, 0) is 30.0 Å². The lowest BCUT2D eigenvalue weighted by Crippen LogP contribution is -2.57. The zero-order chi connectivity index (χ0) is 22.3. The second-order valence-electron chi connectivity index (χ2n) is 8.53. The molecule has 2 fully saturated rings. The van der Waals surface area contributed by atoms with E-state index in [0.29, 0.717) is 43.9 Å². The molecule has 3 N–H and O–H groups in total. The number of benzene rings is 1. The van der Waals surface area contributed by atoms with Crippen LogP contribution in [0.5, 0.6) is 0 Å². The number of carbonyl (C=O) groups is 2. The summed E-state index contributed by atoms with van der Waals surface area (Å²) in [5.41, 5.74) is 8.56. The Hall–Kier alpha value is -3.46. The van der Waals surface area contributed by atoms with Crippen LogP contribution >= 0.6 is 0 Å². The van der Waals surface area contributed by atoms with E-state index in [0.717, 1.165) is 35.2 Å². The van der Waals surface area contributed by atoms with E-state index in [1.807, 2.05) is 29.2 Å². The van der Waals surface area contributed by atoms with E-state index >= 15 is 0 Å². The number of rotatable bonds is 5. The van der Waals surface area contributed by atoms with Gasteiger partial charge in [0, 0.05) is 26.2 Å². The third kappa shape index (κ3) is 3.58. The molecule has 2 aromatic heterocycles. The molecule has 9 heteroatoms. The minimum absolute atomic E-state index is 0.152. The Morgan fingerprint density at radius 2 is 2.00 bits per heavy atom. The number of anilines is 1. The predicted molar refractivity (Wildman–Crippen MR) is 119 cm³/mol. The SMILES string of the molecule is COC(=O)c1cc2c(N3CCN(C(=O)Cc4cccc(CN)c4)C4(CC4)C3)ncnc2[nH]1. The van der Waals surface area contributed by atoms with Crippen LogP contribution in [0.2, 0.25) is 0 Å². The summed E-state index contributed by atoms with van der Waals surface area (Å²) in [5, 5.41) is 0.780. The van der Waals surface area contributed by atoms with Crippen LogP contribution < -0.4 is 10.6 Å². The van der Waals surface area contributed by atoms with E-state index in [9.17, 15) is 9.59 Å². The number of ether oxygens (including phenoxy) is 1. The molecular formula is C23H26N6O3. The summed E-state index contributed by atoms with van der Waals surface area (Å²) >= 11 is 0. The smallest absolute Gasteiger partial charge is 0.354 e. The number of amides is 1. The molecule has 32 heavy (non-hydrogen) atoms. The number of esters is 1. The topological polar surface area (TPSA) is 117 Å². The molecule has 0 radical (unpaired) electrons. The van der Waals surface area contributed by atoms with Crippen molar-refractivity contribution in [2.45, 2.75) is 31.3 Å². The fraction of sp³-hybridized carbons (Fsp3) is 0.391. The number of nitrogens with one attached hydrogen (secondary N) is 1. The molecule has 1 amide bonds. The monoisotopic (exact) mass is 434 g/mol. The Morgan fingerprint density at radius 3 is 2.75 bits per heavy atom. The van der Waals surface area contributed by atoms with Crippen molar-refractivity contribution in [2.75, 3.05) is 31.6 Å². The minimum atomic E-state index is -0.443. The molecule has 1 spiro atoms. The molecule has 0 bridgehead atoms. The van der Waals surface area contributed by atoms with E-state index in [-0.39, 0.29) is 11.4 Å². The maximum atomic E-state index is 13.2. The Kier molecular flexibility index (Phi) is 5.05. The number of hydrogen-bond acceptors (Lipinski definition) is 7. The third-order valence-corrected chi connectivity index (χ3v) is 6.47. The zero-order valence-corrected chi connectivity index (χ0v) is 18.0. The normalized spacial score (nSPS) is 17.1. The summed E-state index contributed by atoms with van der Waals surface area (Å²) < 4.78 is 4.81. The van der Waals surface area contributed by atoms with Gasteiger partial charge < -0.3 is 25.3 Å². The maximum Gasteiger partial charge on any atom is 0.354 e. The van der Waals surface area contributed by atoms with Crippen molar-refractivity contribution in [3.05, 3.63) is 53.5 Å². The Balaban J connectivity index is 1.35. The summed E-state index contributed by atoms with van der Waals surface area (Å²) in [7, 11) is 1.35. The minimum Gasteiger partial charge on any atom is -0.464 e. The number of aromatic amines is 1. The molecule has 0 unspecified atom stereocenters. The van der Waals surface area contributed by atoms with Crippen molar-refractivity contribution in [1.82, 2.24) is 19.9 Å². The maximum absolute atomic E-state index is 13.2. The molecule has 1 saturated heterocycles. The summed E-state index contributed by atoms with van der Waals surface area (Å²) in [6, 6.07) is 9.66. The van der Waals surface area contributed by atoms with Gasteiger partial charge in [0.05, 0.1) is 24.5 Å². The lowest BCUT2D eigenvalue weighted by Gasteiger charge is -2.43. The van der Waals surface area contributed by atoms with Crippen LogP contribution in [-0.4, -0.2) is 64.0 Å². The van der Waals surface area contributed by atoms with Gasteiger partial charge in [0.1, 0.15) is 23.5 Å². The van der Waals surface area contributed by atoms with E-state index in [1.165, 1.54) is 13.4 Å². The number of carbonyl (C=O) groups excluding carboxylic acids is 2. The highest BCUT2D eigenvalue weighted by atomic mass is 16.5. The highest BCUT2D eigenvalue weighted by Gasteiger charge is 2.53. The zero-order valence-electron chi connectivity index (χ0n) is 18.0. The van der Waals surface area contributed by atoms with Crippen LogP contribution in [0.1, 0.15) is 34.5 Å². The summed E-state index contributed by atoms with van der Waals surface area (Å²) in [5.74, 6) is 0.482.